The minimum absolute atomic E-state index is 0.00140. The molecule has 2 fully saturated rings. The fourth-order valence-corrected chi connectivity index (χ4v) is 5.34. The van der Waals surface area contributed by atoms with Crippen molar-refractivity contribution in [2.24, 2.45) is 5.92 Å². The molecular weight excluding hydrogens is 455 g/mol. The number of hydrogen-bond donors (Lipinski definition) is 0. The number of thioether (sulfide) groups is 1. The number of likely N-dealkylation sites (tertiary alicyclic amines) is 1. The number of Topliss-reactive ketones (excluding diaryl/α,β-unsaturated/α-hetero) is 1. The number of nitrogens with zero attached hydrogens (tertiary/aromatic N) is 2. The molecule has 0 aromatic heterocycles. The molecular formula is C26H35FN2O4S. The molecule has 3 rings (SSSR count). The number of benzene rings is 1. The molecule has 2 atom stereocenters. The average Bonchev–Trinajstić information content (AvgIpc) is 3.64. The van der Waals surface area contributed by atoms with Crippen LogP contribution in [0.1, 0.15) is 51.6 Å². The summed E-state index contributed by atoms with van der Waals surface area (Å²) in [7, 11) is 0. The average molecular weight is 491 g/mol. The minimum Gasteiger partial charge on any atom is -0.465 e. The minimum atomic E-state index is -0.623. The lowest BCUT2D eigenvalue weighted by molar-refractivity contribution is -0.144. The second-order valence-corrected chi connectivity index (χ2v) is 10.2. The van der Waals surface area contributed by atoms with Crippen LogP contribution >= 0.6 is 11.8 Å². The molecule has 1 saturated carbocycles. The number of hydrogen-bond acceptors (Lipinski definition) is 7. The molecule has 2 aliphatic rings. The van der Waals surface area contributed by atoms with Crippen LogP contribution in [0.5, 0.6) is 0 Å². The Kier molecular flexibility index (Phi) is 9.85. The summed E-state index contributed by atoms with van der Waals surface area (Å²) in [5, 5.41) is 0.0512. The van der Waals surface area contributed by atoms with E-state index in [-0.39, 0.29) is 40.4 Å². The first kappa shape index (κ1) is 26.6. The highest BCUT2D eigenvalue weighted by atomic mass is 32.2. The Hall–Kier alpha value is -2.03. The third kappa shape index (κ3) is 7.23. The van der Waals surface area contributed by atoms with Crippen LogP contribution in [0, 0.1) is 11.7 Å². The molecule has 1 aliphatic heterocycles. The molecule has 8 heteroatoms. The molecule has 34 heavy (non-hydrogen) atoms. The molecule has 1 aromatic rings. The lowest BCUT2D eigenvalue weighted by Gasteiger charge is -2.38. The van der Waals surface area contributed by atoms with Crippen LogP contribution < -0.4 is 0 Å². The first-order valence-electron chi connectivity index (χ1n) is 12.1. The molecule has 6 nitrogen and oxygen atoms in total. The van der Waals surface area contributed by atoms with Crippen molar-refractivity contribution in [3.05, 3.63) is 47.3 Å². The predicted molar refractivity (Wildman–Crippen MR) is 132 cm³/mol. The van der Waals surface area contributed by atoms with Crippen molar-refractivity contribution in [2.45, 2.75) is 51.3 Å². The summed E-state index contributed by atoms with van der Waals surface area (Å²) < 4.78 is 19.8. The van der Waals surface area contributed by atoms with E-state index >= 15 is 0 Å². The van der Waals surface area contributed by atoms with Gasteiger partial charge >= 0.3 is 5.97 Å². The van der Waals surface area contributed by atoms with Crippen molar-refractivity contribution in [3.63, 3.8) is 0 Å². The second-order valence-electron chi connectivity index (χ2n) is 8.87. The Labute approximate surface area is 205 Å². The molecule has 1 aliphatic carbocycles. The second kappa shape index (κ2) is 12.6. The Morgan fingerprint density at radius 3 is 2.59 bits per heavy atom. The van der Waals surface area contributed by atoms with E-state index in [2.05, 4.69) is 11.0 Å². The van der Waals surface area contributed by atoms with Crippen LogP contribution in [0.3, 0.4) is 0 Å². The molecule has 0 radical (unpaired) electrons. The van der Waals surface area contributed by atoms with Crippen LogP contribution in [0.25, 0.3) is 0 Å². The van der Waals surface area contributed by atoms with Crippen LogP contribution in [-0.4, -0.2) is 71.2 Å². The number of ether oxygens (including phenoxy) is 1. The SMILES string of the molecule is CCOC(=O)CN(CC)C/C=C1/CN(C(C(=O)C2CC2)c2ccccc2F)CCC1SC(C)=O. The molecule has 0 N–H and O–H groups in total. The van der Waals surface area contributed by atoms with E-state index in [1.54, 1.807) is 32.0 Å². The van der Waals surface area contributed by atoms with Gasteiger partial charge in [0.25, 0.3) is 0 Å². The zero-order valence-electron chi connectivity index (χ0n) is 20.3. The summed E-state index contributed by atoms with van der Waals surface area (Å²) in [5.41, 5.74) is 1.47. The van der Waals surface area contributed by atoms with Crippen molar-refractivity contribution in [1.82, 2.24) is 9.80 Å². The van der Waals surface area contributed by atoms with Gasteiger partial charge in [-0.3, -0.25) is 24.2 Å². The Bertz CT molecular complexity index is 918. The summed E-state index contributed by atoms with van der Waals surface area (Å²) in [6.45, 7) is 8.17. The van der Waals surface area contributed by atoms with Crippen molar-refractivity contribution in [1.29, 1.82) is 0 Å². The van der Waals surface area contributed by atoms with Gasteiger partial charge in [0.05, 0.1) is 19.2 Å². The number of ketones is 1. The largest absolute Gasteiger partial charge is 0.465 e. The van der Waals surface area contributed by atoms with Crippen LogP contribution in [0.4, 0.5) is 4.39 Å². The van der Waals surface area contributed by atoms with Crippen molar-refractivity contribution in [3.8, 4) is 0 Å². The highest BCUT2D eigenvalue weighted by Crippen LogP contribution is 2.40. The van der Waals surface area contributed by atoms with Crippen LogP contribution in [-0.2, 0) is 19.1 Å². The smallest absolute Gasteiger partial charge is 0.320 e. The van der Waals surface area contributed by atoms with Gasteiger partial charge in [0.2, 0.25) is 0 Å². The summed E-state index contributed by atoms with van der Waals surface area (Å²) in [6, 6.07) is 5.91. The van der Waals surface area contributed by atoms with Crippen molar-refractivity contribution < 1.29 is 23.5 Å². The van der Waals surface area contributed by atoms with E-state index in [0.717, 1.165) is 18.4 Å². The van der Waals surface area contributed by atoms with Gasteiger partial charge in [0, 0.05) is 43.3 Å². The van der Waals surface area contributed by atoms with E-state index in [1.165, 1.54) is 17.8 Å². The predicted octanol–water partition coefficient (Wildman–Crippen LogP) is 4.01. The summed E-state index contributed by atoms with van der Waals surface area (Å²) >= 11 is 1.30. The zero-order valence-corrected chi connectivity index (χ0v) is 21.1. The van der Waals surface area contributed by atoms with E-state index in [9.17, 15) is 18.8 Å². The number of piperidine rings is 1. The van der Waals surface area contributed by atoms with Gasteiger partial charge in [-0.15, -0.1) is 0 Å². The van der Waals surface area contributed by atoms with Crippen LogP contribution in [0.15, 0.2) is 35.9 Å². The van der Waals surface area contributed by atoms with E-state index < -0.39 is 6.04 Å². The van der Waals surface area contributed by atoms with Gasteiger partial charge in [-0.25, -0.2) is 4.39 Å². The van der Waals surface area contributed by atoms with Gasteiger partial charge in [0.15, 0.2) is 10.9 Å². The maximum atomic E-state index is 14.8. The highest BCUT2D eigenvalue weighted by molar-refractivity contribution is 8.14. The van der Waals surface area contributed by atoms with Crippen LogP contribution in [0.2, 0.25) is 0 Å². The third-order valence-corrected chi connectivity index (χ3v) is 7.47. The Morgan fingerprint density at radius 2 is 1.97 bits per heavy atom. The summed E-state index contributed by atoms with van der Waals surface area (Å²) in [6.07, 6.45) is 4.49. The number of halogens is 1. The maximum Gasteiger partial charge on any atom is 0.320 e. The van der Waals surface area contributed by atoms with Crippen molar-refractivity contribution in [2.75, 3.05) is 39.3 Å². The number of rotatable bonds is 11. The summed E-state index contributed by atoms with van der Waals surface area (Å²) in [4.78, 5) is 41.1. The fraction of sp³-hybridized carbons (Fsp3) is 0.577. The standard InChI is InChI=1S/C26H35FN2O4S/c1-4-28(17-24(31)33-5-2)14-12-20-16-29(15-13-23(20)34-18(3)30)25(26(32)19-10-11-19)21-8-6-7-9-22(21)27/h6-9,12,19,23,25H,4-5,10-11,13-17H2,1-3H3/b20-12-. The van der Waals surface area contributed by atoms with Gasteiger partial charge < -0.3 is 4.74 Å². The zero-order chi connectivity index (χ0) is 24.7. The number of carbonyl (C=O) groups excluding carboxylic acids is 3. The topological polar surface area (TPSA) is 66.9 Å². The maximum absolute atomic E-state index is 14.8. The van der Waals surface area contributed by atoms with Gasteiger partial charge in [-0.05, 0) is 44.4 Å². The lowest BCUT2D eigenvalue weighted by Crippen LogP contribution is -2.43. The quantitative estimate of drug-likeness (QED) is 0.343. The molecule has 186 valence electrons. The molecule has 0 spiro atoms. The normalized spacial score (nSPS) is 21.0. The molecule has 1 saturated heterocycles. The molecule has 2 unspecified atom stereocenters. The van der Waals surface area contributed by atoms with E-state index in [4.69, 9.17) is 4.74 Å². The first-order valence-corrected chi connectivity index (χ1v) is 13.0. The van der Waals surface area contributed by atoms with Gasteiger partial charge in [-0.2, -0.15) is 0 Å². The number of carbonyl (C=O) groups is 3. The Morgan fingerprint density at radius 1 is 1.24 bits per heavy atom. The Balaban J connectivity index is 1.83. The highest BCUT2D eigenvalue weighted by Gasteiger charge is 2.41. The lowest BCUT2D eigenvalue weighted by atomic mass is 9.93. The third-order valence-electron chi connectivity index (χ3n) is 6.32. The number of likely N-dealkylation sites (N-methyl/N-ethyl adjacent to an activating group) is 1. The summed E-state index contributed by atoms with van der Waals surface area (Å²) in [5.74, 6) is -0.544. The first-order chi connectivity index (χ1) is 16.3. The van der Waals surface area contributed by atoms with E-state index in [0.29, 0.717) is 44.8 Å². The monoisotopic (exact) mass is 490 g/mol. The fourth-order valence-electron chi connectivity index (χ4n) is 4.39. The molecule has 1 heterocycles. The van der Waals surface area contributed by atoms with E-state index in [1.807, 2.05) is 11.8 Å². The molecule has 1 aromatic carbocycles. The number of esters is 1. The molecule has 0 amide bonds. The van der Waals surface area contributed by atoms with Crippen molar-refractivity contribution >= 4 is 28.6 Å². The van der Waals surface area contributed by atoms with Gasteiger partial charge in [0.1, 0.15) is 5.82 Å². The van der Waals surface area contributed by atoms with Gasteiger partial charge in [-0.1, -0.05) is 43.0 Å². The molecule has 0 bridgehead atoms.